The Hall–Kier alpha value is -4.12. The summed E-state index contributed by atoms with van der Waals surface area (Å²) in [4.78, 5) is 23.9. The summed E-state index contributed by atoms with van der Waals surface area (Å²) in [7, 11) is 1.33. The molecule has 0 fully saturated rings. The zero-order valence-corrected chi connectivity index (χ0v) is 19.8. The van der Waals surface area contributed by atoms with Crippen molar-refractivity contribution < 1.29 is 14.3 Å². The Morgan fingerprint density at radius 1 is 0.829 bits per heavy atom. The smallest absolute Gasteiger partial charge is 0.343 e. The molecule has 1 heterocycles. The summed E-state index contributed by atoms with van der Waals surface area (Å²) in [5.74, 6) is 0.257. The SMILES string of the molecule is COC(=O)COc1cccc(CCCn2cc(C(c3ccccc3)c3ccccc3)ccc2=O)c1. The van der Waals surface area contributed by atoms with Gasteiger partial charge >= 0.3 is 5.97 Å². The molecule has 0 aliphatic carbocycles. The maximum absolute atomic E-state index is 12.6. The predicted octanol–water partition coefficient (Wildman–Crippen LogP) is 5.21. The van der Waals surface area contributed by atoms with Gasteiger partial charge in [0.25, 0.3) is 5.56 Å². The molecule has 3 aromatic carbocycles. The van der Waals surface area contributed by atoms with E-state index in [0.717, 1.165) is 24.0 Å². The molecule has 0 N–H and O–H groups in total. The molecule has 0 amide bonds. The van der Waals surface area contributed by atoms with E-state index in [-0.39, 0.29) is 18.1 Å². The third-order valence-corrected chi connectivity index (χ3v) is 5.95. The third kappa shape index (κ3) is 6.48. The molecule has 1 aromatic heterocycles. The minimum Gasteiger partial charge on any atom is -0.482 e. The molecular weight excluding hydrogens is 438 g/mol. The van der Waals surface area contributed by atoms with Gasteiger partial charge in [0.15, 0.2) is 6.61 Å². The number of methoxy groups -OCH3 is 1. The summed E-state index contributed by atoms with van der Waals surface area (Å²) in [6.45, 7) is 0.488. The molecular formula is C30H29NO4. The first-order chi connectivity index (χ1) is 17.1. The van der Waals surface area contributed by atoms with E-state index in [2.05, 4.69) is 29.0 Å². The van der Waals surface area contributed by atoms with Gasteiger partial charge in [-0.25, -0.2) is 4.79 Å². The Bertz CT molecular complexity index is 1260. The monoisotopic (exact) mass is 467 g/mol. The van der Waals surface area contributed by atoms with Gasteiger partial charge in [-0.05, 0) is 47.2 Å². The zero-order chi connectivity index (χ0) is 24.5. The fourth-order valence-corrected chi connectivity index (χ4v) is 4.21. The summed E-state index contributed by atoms with van der Waals surface area (Å²) in [5.41, 5.74) is 4.53. The lowest BCUT2D eigenvalue weighted by Gasteiger charge is -2.20. The highest BCUT2D eigenvalue weighted by atomic mass is 16.6. The molecule has 178 valence electrons. The molecule has 0 aliphatic heterocycles. The van der Waals surface area contributed by atoms with Crippen LogP contribution in [0.4, 0.5) is 0 Å². The maximum Gasteiger partial charge on any atom is 0.343 e. The van der Waals surface area contributed by atoms with E-state index < -0.39 is 5.97 Å². The molecule has 0 aliphatic rings. The van der Waals surface area contributed by atoms with Crippen LogP contribution in [0.1, 0.15) is 34.6 Å². The van der Waals surface area contributed by atoms with Gasteiger partial charge in [-0.15, -0.1) is 0 Å². The lowest BCUT2D eigenvalue weighted by Crippen LogP contribution is -2.20. The summed E-state index contributed by atoms with van der Waals surface area (Å²) in [6.07, 6.45) is 3.57. The van der Waals surface area contributed by atoms with E-state index in [0.29, 0.717) is 12.3 Å². The van der Waals surface area contributed by atoms with Crippen LogP contribution in [0.2, 0.25) is 0 Å². The number of rotatable bonds is 10. The number of carbonyl (C=O) groups is 1. The standard InChI is InChI=1S/C30H29NO4/c1-34-29(33)22-35-27-16-8-10-23(20-27)11-9-19-31-21-26(17-18-28(31)32)30(24-12-4-2-5-13-24)25-14-6-3-7-15-25/h2-8,10,12-18,20-21,30H,9,11,19,22H2,1H3. The van der Waals surface area contributed by atoms with Crippen molar-refractivity contribution in [2.45, 2.75) is 25.3 Å². The van der Waals surface area contributed by atoms with E-state index in [1.165, 1.54) is 18.2 Å². The van der Waals surface area contributed by atoms with Crippen molar-refractivity contribution in [2.24, 2.45) is 0 Å². The van der Waals surface area contributed by atoms with Gasteiger partial charge in [0.2, 0.25) is 0 Å². The van der Waals surface area contributed by atoms with Gasteiger partial charge in [-0.1, -0.05) is 78.9 Å². The second kappa shape index (κ2) is 11.8. The summed E-state index contributed by atoms with van der Waals surface area (Å²) < 4.78 is 11.9. The van der Waals surface area contributed by atoms with E-state index in [9.17, 15) is 9.59 Å². The van der Waals surface area contributed by atoms with Crippen LogP contribution < -0.4 is 10.3 Å². The van der Waals surface area contributed by atoms with Crippen LogP contribution >= 0.6 is 0 Å². The van der Waals surface area contributed by atoms with E-state index in [1.54, 1.807) is 10.6 Å². The molecule has 4 rings (SSSR count). The topological polar surface area (TPSA) is 57.5 Å². The summed E-state index contributed by atoms with van der Waals surface area (Å²) >= 11 is 0. The molecule has 5 heteroatoms. The molecule has 0 saturated carbocycles. The number of nitrogens with zero attached hydrogens (tertiary/aromatic N) is 1. The van der Waals surface area contributed by atoms with Crippen molar-refractivity contribution in [1.82, 2.24) is 4.57 Å². The van der Waals surface area contributed by atoms with Crippen LogP contribution in [0, 0.1) is 0 Å². The van der Waals surface area contributed by atoms with Crippen LogP contribution in [0.5, 0.6) is 5.75 Å². The fraction of sp³-hybridized carbons (Fsp3) is 0.200. The normalized spacial score (nSPS) is 10.8. The highest BCUT2D eigenvalue weighted by molar-refractivity contribution is 5.70. The van der Waals surface area contributed by atoms with Gasteiger partial charge < -0.3 is 14.0 Å². The number of esters is 1. The lowest BCUT2D eigenvalue weighted by molar-refractivity contribution is -0.142. The quantitative estimate of drug-likeness (QED) is 0.300. The Morgan fingerprint density at radius 3 is 2.17 bits per heavy atom. The number of hydrogen-bond acceptors (Lipinski definition) is 4. The molecule has 0 bridgehead atoms. The van der Waals surface area contributed by atoms with Crippen LogP contribution in [0.3, 0.4) is 0 Å². The Balaban J connectivity index is 1.49. The highest BCUT2D eigenvalue weighted by Gasteiger charge is 2.17. The molecule has 0 spiro atoms. The molecule has 35 heavy (non-hydrogen) atoms. The van der Waals surface area contributed by atoms with Gasteiger partial charge in [-0.2, -0.15) is 0 Å². The van der Waals surface area contributed by atoms with E-state index >= 15 is 0 Å². The highest BCUT2D eigenvalue weighted by Crippen LogP contribution is 2.31. The van der Waals surface area contributed by atoms with Crippen molar-refractivity contribution in [1.29, 1.82) is 0 Å². The summed E-state index contributed by atoms with van der Waals surface area (Å²) in [6, 6.07) is 32.0. The second-order valence-electron chi connectivity index (χ2n) is 8.36. The average Bonchev–Trinajstić information content (AvgIpc) is 2.90. The number of hydrogen-bond donors (Lipinski definition) is 0. The molecule has 0 unspecified atom stereocenters. The Kier molecular flexibility index (Phi) is 8.12. The lowest BCUT2D eigenvalue weighted by atomic mass is 9.86. The third-order valence-electron chi connectivity index (χ3n) is 5.95. The first-order valence-corrected chi connectivity index (χ1v) is 11.7. The van der Waals surface area contributed by atoms with Crippen molar-refractivity contribution in [2.75, 3.05) is 13.7 Å². The van der Waals surface area contributed by atoms with E-state index in [4.69, 9.17) is 4.74 Å². The van der Waals surface area contributed by atoms with Gasteiger partial charge in [0.05, 0.1) is 7.11 Å². The Morgan fingerprint density at radius 2 is 1.51 bits per heavy atom. The predicted molar refractivity (Wildman–Crippen MR) is 137 cm³/mol. The number of aromatic nitrogens is 1. The molecule has 0 atom stereocenters. The minimum atomic E-state index is -0.418. The molecule has 0 radical (unpaired) electrons. The van der Waals surface area contributed by atoms with Crippen molar-refractivity contribution >= 4 is 5.97 Å². The number of aryl methyl sites for hydroxylation is 2. The van der Waals surface area contributed by atoms with Crippen molar-refractivity contribution in [3.05, 3.63) is 136 Å². The average molecular weight is 468 g/mol. The van der Waals surface area contributed by atoms with Gasteiger partial charge in [0, 0.05) is 24.7 Å². The van der Waals surface area contributed by atoms with Crippen molar-refractivity contribution in [3.8, 4) is 5.75 Å². The summed E-state index contributed by atoms with van der Waals surface area (Å²) in [5, 5.41) is 0. The Labute approximate surface area is 205 Å². The first kappa shape index (κ1) is 24.0. The van der Waals surface area contributed by atoms with Gasteiger partial charge in [-0.3, -0.25) is 4.79 Å². The first-order valence-electron chi connectivity index (χ1n) is 11.7. The van der Waals surface area contributed by atoms with Crippen LogP contribution in [-0.2, 0) is 22.5 Å². The van der Waals surface area contributed by atoms with Crippen LogP contribution in [0.25, 0.3) is 0 Å². The number of pyridine rings is 1. The fourth-order valence-electron chi connectivity index (χ4n) is 4.21. The van der Waals surface area contributed by atoms with Crippen molar-refractivity contribution in [3.63, 3.8) is 0 Å². The number of ether oxygens (including phenoxy) is 2. The maximum atomic E-state index is 12.6. The number of benzene rings is 3. The van der Waals surface area contributed by atoms with Crippen LogP contribution in [0.15, 0.2) is 108 Å². The zero-order valence-electron chi connectivity index (χ0n) is 19.8. The van der Waals surface area contributed by atoms with Gasteiger partial charge in [0.1, 0.15) is 5.75 Å². The molecule has 4 aromatic rings. The molecule has 0 saturated heterocycles. The molecule has 5 nitrogen and oxygen atoms in total. The second-order valence-corrected chi connectivity index (χ2v) is 8.36. The van der Waals surface area contributed by atoms with E-state index in [1.807, 2.05) is 72.9 Å². The largest absolute Gasteiger partial charge is 0.482 e. The minimum absolute atomic E-state index is 0.0104. The van der Waals surface area contributed by atoms with Crippen LogP contribution in [-0.4, -0.2) is 24.3 Å². The number of carbonyl (C=O) groups excluding carboxylic acids is 1.